The van der Waals surface area contributed by atoms with Gasteiger partial charge in [-0.05, 0) is 18.2 Å². The number of carbonyl (C=O) groups is 1. The number of halogens is 6. The maximum absolute atomic E-state index is 12.9. The molecule has 4 nitrogen and oxygen atoms in total. The van der Waals surface area contributed by atoms with Gasteiger partial charge in [-0.1, -0.05) is 0 Å². The molecule has 23 heavy (non-hydrogen) atoms. The minimum Gasteiger partial charge on any atom is -0.368 e. The summed E-state index contributed by atoms with van der Waals surface area (Å²) in [5.74, 6) is -0.995. The fourth-order valence-electron chi connectivity index (χ4n) is 1.81. The van der Waals surface area contributed by atoms with Crippen LogP contribution < -0.4 is 10.6 Å². The number of nitrogens with two attached hydrogens (primary N) is 1. The first-order valence-electron chi connectivity index (χ1n) is 6.15. The molecule has 1 amide bonds. The Morgan fingerprint density at radius 1 is 1.22 bits per heavy atom. The molecule has 1 aromatic rings. The van der Waals surface area contributed by atoms with Gasteiger partial charge in [0.1, 0.15) is 0 Å². The molecule has 0 unspecified atom stereocenters. The number of carbonyl (C=O) groups excluding carboxylic acids is 1. The fraction of sp³-hybridized carbons (Fsp3) is 0.385. The summed E-state index contributed by atoms with van der Waals surface area (Å²) in [5, 5.41) is 8.68. The molecule has 0 aliphatic heterocycles. The summed E-state index contributed by atoms with van der Waals surface area (Å²) < 4.78 is 75.5. The lowest BCUT2D eigenvalue weighted by atomic mass is 10.1. The van der Waals surface area contributed by atoms with Gasteiger partial charge in [0.2, 0.25) is 5.91 Å². The number of rotatable bonds is 5. The Hall–Kier alpha value is -2.44. The second-order valence-electron chi connectivity index (χ2n) is 4.59. The van der Waals surface area contributed by atoms with Crippen molar-refractivity contribution in [3.05, 3.63) is 29.3 Å². The molecule has 0 saturated heterocycles. The molecule has 0 aromatic heterocycles. The van der Waals surface area contributed by atoms with Gasteiger partial charge in [-0.25, -0.2) is 0 Å². The number of nitrogens with zero attached hydrogens (tertiary/aromatic N) is 2. The van der Waals surface area contributed by atoms with Crippen molar-refractivity contribution in [1.82, 2.24) is 0 Å². The lowest BCUT2D eigenvalue weighted by Gasteiger charge is -2.25. The number of amides is 1. The average molecular weight is 339 g/mol. The number of anilines is 1. The summed E-state index contributed by atoms with van der Waals surface area (Å²) in [6, 6.07) is 3.75. The van der Waals surface area contributed by atoms with E-state index in [-0.39, 0.29) is 5.69 Å². The highest BCUT2D eigenvalue weighted by molar-refractivity contribution is 5.79. The van der Waals surface area contributed by atoms with Gasteiger partial charge < -0.3 is 10.6 Å². The molecule has 0 heterocycles. The van der Waals surface area contributed by atoms with E-state index in [0.29, 0.717) is 6.07 Å². The molecule has 1 rings (SSSR count). The molecule has 0 atom stereocenters. The smallest absolute Gasteiger partial charge is 0.368 e. The lowest BCUT2D eigenvalue weighted by Crippen LogP contribution is -2.36. The van der Waals surface area contributed by atoms with E-state index in [2.05, 4.69) is 0 Å². The standard InChI is InChI=1S/C13H11F6N3O/c14-12(15,16)3-4-22(7-11(21)23)9-2-1-8(6-20)10(5-9)13(17,18)19/h1-2,5H,3-4,7H2,(H2,21,23). The number of alkyl halides is 6. The number of hydrogen-bond acceptors (Lipinski definition) is 3. The largest absolute Gasteiger partial charge is 0.417 e. The Morgan fingerprint density at radius 3 is 2.26 bits per heavy atom. The van der Waals surface area contributed by atoms with Gasteiger partial charge in [0, 0.05) is 12.2 Å². The zero-order chi connectivity index (χ0) is 17.8. The zero-order valence-electron chi connectivity index (χ0n) is 11.5. The van der Waals surface area contributed by atoms with Gasteiger partial charge >= 0.3 is 12.4 Å². The summed E-state index contributed by atoms with van der Waals surface area (Å²) in [7, 11) is 0. The van der Waals surface area contributed by atoms with Crippen LogP contribution in [-0.2, 0) is 11.0 Å². The minimum absolute atomic E-state index is 0.278. The minimum atomic E-state index is -4.86. The van der Waals surface area contributed by atoms with E-state index >= 15 is 0 Å². The third kappa shape index (κ3) is 5.69. The van der Waals surface area contributed by atoms with Gasteiger partial charge in [0.15, 0.2) is 0 Å². The summed E-state index contributed by atoms with van der Waals surface area (Å²) in [4.78, 5) is 11.7. The maximum Gasteiger partial charge on any atom is 0.417 e. The van der Waals surface area contributed by atoms with Crippen LogP contribution in [0.2, 0.25) is 0 Å². The van der Waals surface area contributed by atoms with Crippen LogP contribution in [-0.4, -0.2) is 25.2 Å². The number of primary amides is 1. The van der Waals surface area contributed by atoms with Crippen LogP contribution in [0.15, 0.2) is 18.2 Å². The predicted octanol–water partition coefficient (Wildman–Crippen LogP) is 2.82. The second-order valence-corrected chi connectivity index (χ2v) is 4.59. The van der Waals surface area contributed by atoms with Gasteiger partial charge in [-0.2, -0.15) is 31.6 Å². The number of hydrogen-bond donors (Lipinski definition) is 1. The van der Waals surface area contributed by atoms with Gasteiger partial charge in [0.25, 0.3) is 0 Å². The Kier molecular flexibility index (Phi) is 5.47. The Balaban J connectivity index is 3.21. The van der Waals surface area contributed by atoms with E-state index in [1.165, 1.54) is 6.07 Å². The van der Waals surface area contributed by atoms with Crippen molar-refractivity contribution in [2.75, 3.05) is 18.0 Å². The molecule has 0 aliphatic rings. The molecule has 0 saturated carbocycles. The highest BCUT2D eigenvalue weighted by atomic mass is 19.4. The molecule has 0 spiro atoms. The van der Waals surface area contributed by atoms with Gasteiger partial charge in [-0.15, -0.1) is 0 Å². The van der Waals surface area contributed by atoms with Crippen LogP contribution in [0, 0.1) is 11.3 Å². The van der Waals surface area contributed by atoms with Crippen molar-refractivity contribution in [2.24, 2.45) is 5.73 Å². The zero-order valence-corrected chi connectivity index (χ0v) is 11.5. The van der Waals surface area contributed by atoms with E-state index in [0.717, 1.165) is 17.0 Å². The molecular weight excluding hydrogens is 328 g/mol. The van der Waals surface area contributed by atoms with Crippen molar-refractivity contribution >= 4 is 11.6 Å². The number of nitriles is 1. The summed E-state index contributed by atoms with van der Waals surface area (Å²) in [6.45, 7) is -1.42. The third-order valence-corrected chi connectivity index (χ3v) is 2.81. The summed E-state index contributed by atoms with van der Waals surface area (Å²) in [5.41, 5.74) is 2.67. The fourth-order valence-corrected chi connectivity index (χ4v) is 1.81. The molecular formula is C13H11F6N3O. The molecule has 0 bridgehead atoms. The quantitative estimate of drug-likeness (QED) is 0.839. The van der Waals surface area contributed by atoms with Crippen molar-refractivity contribution in [3.63, 3.8) is 0 Å². The molecule has 1 aromatic carbocycles. The van der Waals surface area contributed by atoms with Crippen LogP contribution in [0.25, 0.3) is 0 Å². The maximum atomic E-state index is 12.9. The molecule has 0 radical (unpaired) electrons. The monoisotopic (exact) mass is 339 g/mol. The van der Waals surface area contributed by atoms with Crippen molar-refractivity contribution < 1.29 is 31.1 Å². The molecule has 2 N–H and O–H groups in total. The van der Waals surface area contributed by atoms with Crippen molar-refractivity contribution in [1.29, 1.82) is 5.26 Å². The highest BCUT2D eigenvalue weighted by Crippen LogP contribution is 2.34. The lowest BCUT2D eigenvalue weighted by molar-refractivity contribution is -0.138. The first-order chi connectivity index (χ1) is 10.4. The second kappa shape index (κ2) is 6.76. The molecule has 0 aliphatic carbocycles. The van der Waals surface area contributed by atoms with Gasteiger partial charge in [0.05, 0.1) is 30.2 Å². The normalized spacial score (nSPS) is 11.9. The first-order valence-corrected chi connectivity index (χ1v) is 6.15. The topological polar surface area (TPSA) is 70.1 Å². The van der Waals surface area contributed by atoms with Crippen LogP contribution >= 0.6 is 0 Å². The van der Waals surface area contributed by atoms with Crippen LogP contribution in [0.3, 0.4) is 0 Å². The van der Waals surface area contributed by atoms with Crippen LogP contribution in [0.5, 0.6) is 0 Å². The van der Waals surface area contributed by atoms with Crippen molar-refractivity contribution in [2.45, 2.75) is 18.8 Å². The average Bonchev–Trinajstić information content (AvgIpc) is 2.40. The molecule has 0 fully saturated rings. The van der Waals surface area contributed by atoms with Crippen LogP contribution in [0.4, 0.5) is 32.0 Å². The third-order valence-electron chi connectivity index (χ3n) is 2.81. The Morgan fingerprint density at radius 2 is 1.83 bits per heavy atom. The van der Waals surface area contributed by atoms with Gasteiger partial charge in [-0.3, -0.25) is 4.79 Å². The first kappa shape index (κ1) is 18.6. The van der Waals surface area contributed by atoms with E-state index in [4.69, 9.17) is 11.0 Å². The SMILES string of the molecule is N#Cc1ccc(N(CCC(F)(F)F)CC(N)=O)cc1C(F)(F)F. The Labute approximate surface area is 127 Å². The Bertz CT molecular complexity index is 618. The van der Waals surface area contributed by atoms with E-state index < -0.39 is 48.9 Å². The highest BCUT2D eigenvalue weighted by Gasteiger charge is 2.35. The molecule has 126 valence electrons. The van der Waals surface area contributed by atoms with E-state index in [9.17, 15) is 31.1 Å². The van der Waals surface area contributed by atoms with E-state index in [1.807, 2.05) is 0 Å². The van der Waals surface area contributed by atoms with E-state index in [1.54, 1.807) is 0 Å². The number of benzene rings is 1. The van der Waals surface area contributed by atoms with Crippen LogP contribution in [0.1, 0.15) is 17.5 Å². The molecule has 10 heteroatoms. The van der Waals surface area contributed by atoms with Crippen molar-refractivity contribution in [3.8, 4) is 6.07 Å². The summed E-state index contributed by atoms with van der Waals surface area (Å²) >= 11 is 0. The predicted molar refractivity (Wildman–Crippen MR) is 68.2 cm³/mol. The summed E-state index contributed by atoms with van der Waals surface area (Å²) in [6.07, 6.45) is -10.7.